The normalized spacial score (nSPS) is 15.9. The molecule has 2 aromatic heterocycles. The Bertz CT molecular complexity index is 954. The molecule has 0 fully saturated rings. The van der Waals surface area contributed by atoms with E-state index in [1.807, 2.05) is 36.1 Å². The van der Waals surface area contributed by atoms with Gasteiger partial charge in [0.2, 0.25) is 0 Å². The molecular formula is C18H21ClN6O. The summed E-state index contributed by atoms with van der Waals surface area (Å²) >= 11 is 0. The molecule has 0 atom stereocenters. The van der Waals surface area contributed by atoms with Gasteiger partial charge in [-0.1, -0.05) is 0 Å². The summed E-state index contributed by atoms with van der Waals surface area (Å²) in [6.45, 7) is 3.99. The minimum Gasteiger partial charge on any atom is -1.00 e. The van der Waals surface area contributed by atoms with Crippen LogP contribution in [0.2, 0.25) is 0 Å². The van der Waals surface area contributed by atoms with Crippen LogP contribution in [-0.4, -0.2) is 21.3 Å². The fraction of sp³-hybridized carbons (Fsp3) is 0.222. The Morgan fingerprint density at radius 3 is 2.73 bits per heavy atom. The van der Waals surface area contributed by atoms with Gasteiger partial charge in [0.05, 0.1) is 24.2 Å². The summed E-state index contributed by atoms with van der Waals surface area (Å²) in [6, 6.07) is 3.98. The van der Waals surface area contributed by atoms with Crippen LogP contribution in [0.5, 0.6) is 0 Å². The van der Waals surface area contributed by atoms with Gasteiger partial charge >= 0.3 is 0 Å². The number of nitrogens with two attached hydrogens (primary N) is 2. The van der Waals surface area contributed by atoms with E-state index in [4.69, 9.17) is 11.5 Å². The van der Waals surface area contributed by atoms with E-state index in [0.717, 1.165) is 5.56 Å². The van der Waals surface area contributed by atoms with Gasteiger partial charge in [-0.05, 0) is 31.6 Å². The van der Waals surface area contributed by atoms with Crippen LogP contribution in [0.15, 0.2) is 58.6 Å². The Hall–Kier alpha value is -2.93. The van der Waals surface area contributed by atoms with Crippen molar-refractivity contribution < 1.29 is 21.8 Å². The first-order valence-electron chi connectivity index (χ1n) is 7.90. The van der Waals surface area contributed by atoms with Crippen molar-refractivity contribution in [2.45, 2.75) is 20.4 Å². The van der Waals surface area contributed by atoms with Gasteiger partial charge in [-0.25, -0.2) is 14.2 Å². The van der Waals surface area contributed by atoms with E-state index in [1.165, 1.54) is 0 Å². The molecule has 4 N–H and O–H groups in total. The number of aromatic nitrogens is 3. The first-order chi connectivity index (χ1) is 11.9. The molecular weight excluding hydrogens is 352 g/mol. The van der Waals surface area contributed by atoms with Crippen LogP contribution in [-0.2, 0) is 18.4 Å². The summed E-state index contributed by atoms with van der Waals surface area (Å²) in [6.07, 6.45) is 7.26. The molecule has 0 radical (unpaired) electrons. The number of Topliss-reactive ketones (excluding diaryl/α,β-unsaturated/α-hetero) is 1. The summed E-state index contributed by atoms with van der Waals surface area (Å²) < 4.78 is 3.66. The number of anilines is 1. The number of carbonyl (C=O) groups excluding carboxylic acids is 1. The summed E-state index contributed by atoms with van der Waals surface area (Å²) in [4.78, 5) is 16.4. The summed E-state index contributed by atoms with van der Waals surface area (Å²) in [7, 11) is 1.96. The lowest BCUT2D eigenvalue weighted by Gasteiger charge is -2.13. The molecule has 2 heterocycles. The largest absolute Gasteiger partial charge is 1.00 e. The Kier molecular flexibility index (Phi) is 5.62. The van der Waals surface area contributed by atoms with Gasteiger partial charge in [-0.2, -0.15) is 5.10 Å². The van der Waals surface area contributed by atoms with E-state index in [2.05, 4.69) is 10.1 Å². The highest BCUT2D eigenvalue weighted by atomic mass is 35.5. The predicted molar refractivity (Wildman–Crippen MR) is 96.1 cm³/mol. The lowest BCUT2D eigenvalue weighted by molar-refractivity contribution is -0.671. The lowest BCUT2D eigenvalue weighted by atomic mass is 9.95. The highest BCUT2D eigenvalue weighted by Crippen LogP contribution is 2.25. The van der Waals surface area contributed by atoms with Crippen molar-refractivity contribution in [3.8, 4) is 0 Å². The number of pyridine rings is 1. The molecule has 0 aromatic carbocycles. The minimum absolute atomic E-state index is 0. The van der Waals surface area contributed by atoms with E-state index in [9.17, 15) is 4.79 Å². The van der Waals surface area contributed by atoms with Crippen molar-refractivity contribution in [2.75, 3.05) is 5.73 Å². The zero-order chi connectivity index (χ0) is 18.1. The Balaban J connectivity index is 0.00000243. The zero-order valence-electron chi connectivity index (χ0n) is 14.9. The Morgan fingerprint density at radius 2 is 2.04 bits per heavy atom. The van der Waals surface area contributed by atoms with E-state index in [0.29, 0.717) is 40.6 Å². The standard InChI is InChI=1S/C18H20N6O.ClH/c1-11-7-14(16(19)12(2)17(11)25)22-15-8-21-24(18(15)20)10-13-5-4-6-23(3)9-13;/h4-9H,10H2,1-3H3,(H3-,19,20,21,25);1H. The molecule has 26 heavy (non-hydrogen) atoms. The molecule has 0 saturated heterocycles. The average Bonchev–Trinajstić information content (AvgIpc) is 2.91. The first-order valence-corrected chi connectivity index (χ1v) is 7.90. The van der Waals surface area contributed by atoms with Gasteiger partial charge < -0.3 is 23.9 Å². The topological polar surface area (TPSA) is 103 Å². The Morgan fingerprint density at radius 1 is 1.31 bits per heavy atom. The fourth-order valence-corrected chi connectivity index (χ4v) is 2.69. The summed E-state index contributed by atoms with van der Waals surface area (Å²) in [5.74, 6) is 0.393. The molecule has 2 aromatic rings. The second kappa shape index (κ2) is 7.53. The molecule has 1 aliphatic rings. The number of hydrogen-bond donors (Lipinski definition) is 2. The van der Waals surface area contributed by atoms with Gasteiger partial charge in [0, 0.05) is 17.2 Å². The van der Waals surface area contributed by atoms with E-state index in [1.54, 1.807) is 30.8 Å². The third kappa shape index (κ3) is 3.67. The zero-order valence-corrected chi connectivity index (χ0v) is 15.7. The third-order valence-electron chi connectivity index (χ3n) is 4.17. The SMILES string of the molecule is CC1=CC(=Nc2cnn(Cc3ccc[n+](C)c3)c2N)C(N)=C(C)C1=O.[Cl-]. The molecule has 0 aliphatic heterocycles. The Labute approximate surface area is 158 Å². The smallest absolute Gasteiger partial charge is 0.186 e. The number of ketones is 1. The number of aryl methyl sites for hydroxylation is 1. The highest BCUT2D eigenvalue weighted by molar-refractivity contribution is 6.24. The maximum Gasteiger partial charge on any atom is 0.186 e. The average molecular weight is 373 g/mol. The molecule has 0 amide bonds. The highest BCUT2D eigenvalue weighted by Gasteiger charge is 2.20. The minimum atomic E-state index is -0.0583. The number of nitrogens with zero attached hydrogens (tertiary/aromatic N) is 4. The van der Waals surface area contributed by atoms with Crippen LogP contribution in [0.1, 0.15) is 19.4 Å². The second-order valence-corrected chi connectivity index (χ2v) is 6.14. The van der Waals surface area contributed by atoms with Gasteiger partial charge in [-0.3, -0.25) is 4.79 Å². The maximum atomic E-state index is 11.9. The van der Waals surface area contributed by atoms with Crippen molar-refractivity contribution in [3.63, 3.8) is 0 Å². The first kappa shape index (κ1) is 19.4. The van der Waals surface area contributed by atoms with Crippen molar-refractivity contribution in [1.82, 2.24) is 9.78 Å². The number of halogens is 1. The van der Waals surface area contributed by atoms with Crippen LogP contribution < -0.4 is 28.4 Å². The number of rotatable bonds is 3. The van der Waals surface area contributed by atoms with Crippen molar-refractivity contribution in [2.24, 2.45) is 17.8 Å². The molecule has 0 unspecified atom stereocenters. The van der Waals surface area contributed by atoms with E-state index in [-0.39, 0.29) is 18.2 Å². The molecule has 3 rings (SSSR count). The van der Waals surface area contributed by atoms with Gasteiger partial charge in [0.25, 0.3) is 0 Å². The van der Waals surface area contributed by atoms with Gasteiger partial charge in [0.15, 0.2) is 18.2 Å². The molecule has 1 aliphatic carbocycles. The number of hydrogen-bond acceptors (Lipinski definition) is 5. The maximum absolute atomic E-state index is 11.9. The van der Waals surface area contributed by atoms with Crippen molar-refractivity contribution >= 4 is 23.0 Å². The van der Waals surface area contributed by atoms with Gasteiger partial charge in [-0.15, -0.1) is 0 Å². The molecule has 0 bridgehead atoms. The van der Waals surface area contributed by atoms with Crippen LogP contribution in [0.3, 0.4) is 0 Å². The quantitative estimate of drug-likeness (QED) is 0.489. The molecule has 0 spiro atoms. The fourth-order valence-electron chi connectivity index (χ4n) is 2.69. The summed E-state index contributed by atoms with van der Waals surface area (Å²) in [5, 5.41) is 4.32. The molecule has 0 saturated carbocycles. The molecule has 8 heteroatoms. The van der Waals surface area contributed by atoms with E-state index >= 15 is 0 Å². The van der Waals surface area contributed by atoms with Crippen molar-refractivity contribution in [1.29, 1.82) is 0 Å². The van der Waals surface area contributed by atoms with Crippen molar-refractivity contribution in [3.05, 3.63) is 59.2 Å². The lowest BCUT2D eigenvalue weighted by Crippen LogP contribution is -3.00. The van der Waals surface area contributed by atoms with Gasteiger partial charge in [0.1, 0.15) is 18.6 Å². The number of aliphatic imine (C=N–C) groups is 1. The van der Waals surface area contributed by atoms with Crippen LogP contribution in [0.25, 0.3) is 0 Å². The monoisotopic (exact) mass is 372 g/mol. The number of allylic oxidation sites excluding steroid dienone is 3. The molecule has 7 nitrogen and oxygen atoms in total. The number of carbonyl (C=O) groups is 1. The second-order valence-electron chi connectivity index (χ2n) is 6.14. The molecule has 136 valence electrons. The van der Waals surface area contributed by atoms with E-state index < -0.39 is 0 Å². The third-order valence-corrected chi connectivity index (χ3v) is 4.17. The number of nitrogen functional groups attached to an aromatic ring is 1. The van der Waals surface area contributed by atoms with Crippen LogP contribution >= 0.6 is 0 Å². The van der Waals surface area contributed by atoms with Crippen LogP contribution in [0.4, 0.5) is 11.5 Å². The van der Waals surface area contributed by atoms with Crippen LogP contribution in [0, 0.1) is 0 Å². The predicted octanol–water partition coefficient (Wildman–Crippen LogP) is -1.82. The summed E-state index contributed by atoms with van der Waals surface area (Å²) in [5.41, 5.74) is 15.8.